The average Bonchev–Trinajstić information content (AvgIpc) is 2.85. The van der Waals surface area contributed by atoms with E-state index in [1.807, 2.05) is 19.9 Å². The number of alkyl halides is 1. The number of morpholine rings is 1. The van der Waals surface area contributed by atoms with Crippen molar-refractivity contribution in [1.82, 2.24) is 4.90 Å². The first kappa shape index (κ1) is 13.4. The Hall–Kier alpha value is -1.00. The summed E-state index contributed by atoms with van der Waals surface area (Å²) in [5, 5.41) is 0. The molecule has 0 N–H and O–H groups in total. The molecule has 2 unspecified atom stereocenters. The summed E-state index contributed by atoms with van der Waals surface area (Å²) in [5.41, 5.74) is 0. The van der Waals surface area contributed by atoms with Crippen LogP contribution in [0.5, 0.6) is 0 Å². The van der Waals surface area contributed by atoms with Crippen LogP contribution in [0.4, 0.5) is 0 Å². The molecule has 1 aliphatic heterocycles. The number of furan rings is 1. The number of carbonyl (C=O) groups is 1. The molecule has 1 fully saturated rings. The van der Waals surface area contributed by atoms with Crippen LogP contribution in [-0.2, 0) is 11.2 Å². The van der Waals surface area contributed by atoms with Gasteiger partial charge in [0.1, 0.15) is 5.76 Å². The molecule has 0 radical (unpaired) electrons. The molecule has 0 aliphatic carbocycles. The van der Waals surface area contributed by atoms with Gasteiger partial charge in [0, 0.05) is 19.5 Å². The van der Waals surface area contributed by atoms with E-state index in [1.165, 1.54) is 0 Å². The fourth-order valence-electron chi connectivity index (χ4n) is 2.14. The summed E-state index contributed by atoms with van der Waals surface area (Å²) in [7, 11) is 0. The van der Waals surface area contributed by atoms with Crippen LogP contribution in [-0.4, -0.2) is 42.0 Å². The highest BCUT2D eigenvalue weighted by Gasteiger charge is 2.29. The predicted octanol–water partition coefficient (Wildman–Crippen LogP) is 2.31. The highest BCUT2D eigenvalue weighted by molar-refractivity contribution is 6.18. The lowest BCUT2D eigenvalue weighted by atomic mass is 10.2. The molecule has 1 amide bonds. The Labute approximate surface area is 112 Å². The molecule has 0 aromatic carbocycles. The van der Waals surface area contributed by atoms with E-state index in [4.69, 9.17) is 20.8 Å². The molecule has 0 saturated carbocycles. The number of rotatable bonds is 3. The minimum Gasteiger partial charge on any atom is -0.456 e. The summed E-state index contributed by atoms with van der Waals surface area (Å²) >= 11 is 5.80. The summed E-state index contributed by atoms with van der Waals surface area (Å²) in [4.78, 5) is 14.0. The van der Waals surface area contributed by atoms with Crippen molar-refractivity contribution in [2.75, 3.05) is 19.0 Å². The Balaban J connectivity index is 2.07. The second kappa shape index (κ2) is 5.76. The largest absolute Gasteiger partial charge is 0.456 e. The SMILES string of the molecule is CCc1ccc(C(=O)N2CC(C)OC(CCl)C2)o1. The van der Waals surface area contributed by atoms with Crippen molar-refractivity contribution in [2.24, 2.45) is 0 Å². The molecule has 5 heteroatoms. The number of hydrogen-bond acceptors (Lipinski definition) is 3. The first-order valence-electron chi connectivity index (χ1n) is 6.23. The van der Waals surface area contributed by atoms with E-state index >= 15 is 0 Å². The van der Waals surface area contributed by atoms with Crippen LogP contribution < -0.4 is 0 Å². The van der Waals surface area contributed by atoms with E-state index < -0.39 is 0 Å². The Bertz CT molecular complexity index is 418. The van der Waals surface area contributed by atoms with Gasteiger partial charge in [0.05, 0.1) is 18.1 Å². The maximum Gasteiger partial charge on any atom is 0.289 e. The molecule has 1 aliphatic rings. The summed E-state index contributed by atoms with van der Waals surface area (Å²) in [6, 6.07) is 3.58. The van der Waals surface area contributed by atoms with E-state index in [9.17, 15) is 4.79 Å². The zero-order valence-electron chi connectivity index (χ0n) is 10.7. The van der Waals surface area contributed by atoms with Gasteiger partial charge in [-0.1, -0.05) is 6.92 Å². The van der Waals surface area contributed by atoms with Crippen LogP contribution in [0.2, 0.25) is 0 Å². The molecular formula is C13H18ClNO3. The van der Waals surface area contributed by atoms with Crippen LogP contribution in [0.1, 0.15) is 30.2 Å². The number of hydrogen-bond donors (Lipinski definition) is 0. The number of aryl methyl sites for hydroxylation is 1. The smallest absolute Gasteiger partial charge is 0.289 e. The lowest BCUT2D eigenvalue weighted by Crippen LogP contribution is -2.49. The van der Waals surface area contributed by atoms with Crippen molar-refractivity contribution in [1.29, 1.82) is 0 Å². The lowest BCUT2D eigenvalue weighted by molar-refractivity contribution is -0.0576. The molecular weight excluding hydrogens is 254 g/mol. The third kappa shape index (κ3) is 2.87. The zero-order chi connectivity index (χ0) is 13.1. The van der Waals surface area contributed by atoms with Gasteiger partial charge >= 0.3 is 0 Å². The Morgan fingerprint density at radius 2 is 2.28 bits per heavy atom. The first-order valence-corrected chi connectivity index (χ1v) is 6.77. The number of nitrogens with zero attached hydrogens (tertiary/aromatic N) is 1. The number of carbonyl (C=O) groups excluding carboxylic acids is 1. The van der Waals surface area contributed by atoms with Gasteiger partial charge in [0.15, 0.2) is 5.76 Å². The maximum atomic E-state index is 12.3. The van der Waals surface area contributed by atoms with Crippen molar-refractivity contribution in [2.45, 2.75) is 32.5 Å². The Morgan fingerprint density at radius 1 is 1.50 bits per heavy atom. The van der Waals surface area contributed by atoms with Crippen LogP contribution in [0.15, 0.2) is 16.5 Å². The van der Waals surface area contributed by atoms with Gasteiger partial charge in [0.25, 0.3) is 5.91 Å². The minimum atomic E-state index is -0.0972. The summed E-state index contributed by atoms with van der Waals surface area (Å²) in [6.07, 6.45) is 0.698. The van der Waals surface area contributed by atoms with E-state index in [0.717, 1.165) is 12.2 Å². The topological polar surface area (TPSA) is 42.7 Å². The summed E-state index contributed by atoms with van der Waals surface area (Å²) in [5.74, 6) is 1.54. The molecule has 1 aromatic heterocycles. The quantitative estimate of drug-likeness (QED) is 0.793. The molecule has 4 nitrogen and oxygen atoms in total. The monoisotopic (exact) mass is 271 g/mol. The standard InChI is InChI=1S/C13H18ClNO3/c1-3-10-4-5-12(18-10)13(16)15-7-9(2)17-11(6-14)8-15/h4-5,9,11H,3,6-8H2,1-2H3. The van der Waals surface area contributed by atoms with Crippen molar-refractivity contribution in [3.05, 3.63) is 23.7 Å². The van der Waals surface area contributed by atoms with Gasteiger partial charge in [-0.2, -0.15) is 0 Å². The van der Waals surface area contributed by atoms with E-state index in [2.05, 4.69) is 0 Å². The third-order valence-electron chi connectivity index (χ3n) is 3.01. The van der Waals surface area contributed by atoms with E-state index in [-0.39, 0.29) is 18.1 Å². The van der Waals surface area contributed by atoms with Crippen LogP contribution in [0.25, 0.3) is 0 Å². The van der Waals surface area contributed by atoms with Gasteiger partial charge in [-0.15, -0.1) is 11.6 Å². The average molecular weight is 272 g/mol. The van der Waals surface area contributed by atoms with Crippen molar-refractivity contribution >= 4 is 17.5 Å². The maximum absolute atomic E-state index is 12.3. The Morgan fingerprint density at radius 3 is 2.89 bits per heavy atom. The molecule has 18 heavy (non-hydrogen) atoms. The molecule has 100 valence electrons. The molecule has 1 saturated heterocycles. The highest BCUT2D eigenvalue weighted by atomic mass is 35.5. The lowest BCUT2D eigenvalue weighted by Gasteiger charge is -2.35. The van der Waals surface area contributed by atoms with Crippen LogP contribution in [0, 0.1) is 0 Å². The highest BCUT2D eigenvalue weighted by Crippen LogP contribution is 2.17. The normalized spacial score (nSPS) is 24.3. The molecule has 2 heterocycles. The van der Waals surface area contributed by atoms with Crippen molar-refractivity contribution < 1.29 is 13.9 Å². The van der Waals surface area contributed by atoms with Crippen LogP contribution >= 0.6 is 11.6 Å². The van der Waals surface area contributed by atoms with E-state index in [1.54, 1.807) is 11.0 Å². The third-order valence-corrected chi connectivity index (χ3v) is 3.35. The molecule has 1 aromatic rings. The van der Waals surface area contributed by atoms with Gasteiger partial charge in [0.2, 0.25) is 0 Å². The number of halogens is 1. The van der Waals surface area contributed by atoms with Crippen molar-refractivity contribution in [3.8, 4) is 0 Å². The number of ether oxygens (including phenoxy) is 1. The predicted molar refractivity (Wildman–Crippen MR) is 69.0 cm³/mol. The number of amides is 1. The molecule has 2 atom stereocenters. The molecule has 2 rings (SSSR count). The minimum absolute atomic E-state index is 0.00653. The first-order chi connectivity index (χ1) is 8.63. The Kier molecular flexibility index (Phi) is 4.30. The molecule has 0 spiro atoms. The second-order valence-electron chi connectivity index (χ2n) is 4.55. The van der Waals surface area contributed by atoms with Gasteiger partial charge in [-0.05, 0) is 19.1 Å². The summed E-state index contributed by atoms with van der Waals surface area (Å²) in [6.45, 7) is 5.04. The van der Waals surface area contributed by atoms with Gasteiger partial charge in [-0.25, -0.2) is 0 Å². The van der Waals surface area contributed by atoms with Crippen LogP contribution in [0.3, 0.4) is 0 Å². The fraction of sp³-hybridized carbons (Fsp3) is 0.615. The van der Waals surface area contributed by atoms with E-state index in [0.29, 0.717) is 24.7 Å². The molecule has 0 bridgehead atoms. The summed E-state index contributed by atoms with van der Waals surface area (Å²) < 4.78 is 11.1. The van der Waals surface area contributed by atoms with Gasteiger partial charge in [-0.3, -0.25) is 4.79 Å². The zero-order valence-corrected chi connectivity index (χ0v) is 11.4. The second-order valence-corrected chi connectivity index (χ2v) is 4.86. The van der Waals surface area contributed by atoms with Crippen molar-refractivity contribution in [3.63, 3.8) is 0 Å². The fourth-order valence-corrected chi connectivity index (χ4v) is 2.31. The van der Waals surface area contributed by atoms with Gasteiger partial charge < -0.3 is 14.1 Å².